The minimum Gasteiger partial charge on any atom is -0.315 e. The molecule has 1 aromatic rings. The second-order valence-electron chi connectivity index (χ2n) is 4.65. The maximum absolute atomic E-state index is 4.75. The fraction of sp³-hybridized carbons (Fsp3) is 0.750. The second-order valence-corrected chi connectivity index (χ2v) is 5.82. The highest BCUT2D eigenvalue weighted by atomic mass is 32.1. The van der Waals surface area contributed by atoms with E-state index >= 15 is 0 Å². The Hall–Kier alpha value is -0.450. The first-order chi connectivity index (χ1) is 7.54. The van der Waals surface area contributed by atoms with Crippen LogP contribution in [0, 0.1) is 0 Å². The van der Waals surface area contributed by atoms with E-state index in [1.165, 1.54) is 15.6 Å². The van der Waals surface area contributed by atoms with E-state index in [0.717, 1.165) is 19.5 Å². The average Bonchev–Trinajstić information content (AvgIpc) is 2.59. The van der Waals surface area contributed by atoms with Crippen molar-refractivity contribution in [2.45, 2.75) is 32.7 Å². The van der Waals surface area contributed by atoms with Gasteiger partial charge in [-0.05, 0) is 27.1 Å². The maximum atomic E-state index is 4.75. The topological polar surface area (TPSA) is 28.2 Å². The van der Waals surface area contributed by atoms with Gasteiger partial charge >= 0.3 is 0 Å². The Balaban J connectivity index is 2.75. The summed E-state index contributed by atoms with van der Waals surface area (Å²) in [5, 5.41) is 4.48. The number of rotatable bonds is 6. The minimum absolute atomic E-state index is 0.521. The SMILES string of the molecule is CNCc1sc(CCN(C)C)nc1C(C)C. The molecule has 1 N–H and O–H groups in total. The van der Waals surface area contributed by atoms with Crippen molar-refractivity contribution in [3.05, 3.63) is 15.6 Å². The summed E-state index contributed by atoms with van der Waals surface area (Å²) in [4.78, 5) is 8.35. The van der Waals surface area contributed by atoms with E-state index in [1.807, 2.05) is 18.4 Å². The van der Waals surface area contributed by atoms with Crippen molar-refractivity contribution >= 4 is 11.3 Å². The molecule has 0 atom stereocenters. The monoisotopic (exact) mass is 241 g/mol. The molecule has 0 radical (unpaired) electrons. The fourth-order valence-electron chi connectivity index (χ4n) is 1.58. The summed E-state index contributed by atoms with van der Waals surface area (Å²) in [5.41, 5.74) is 1.27. The Bertz CT molecular complexity index is 318. The molecule has 1 rings (SSSR count). The Morgan fingerprint density at radius 3 is 2.56 bits per heavy atom. The van der Waals surface area contributed by atoms with Gasteiger partial charge in [-0.25, -0.2) is 4.98 Å². The average molecular weight is 241 g/mol. The van der Waals surface area contributed by atoms with Crippen LogP contribution in [-0.2, 0) is 13.0 Å². The summed E-state index contributed by atoms with van der Waals surface area (Å²) in [6, 6.07) is 0. The minimum atomic E-state index is 0.521. The molecule has 0 aliphatic heterocycles. The van der Waals surface area contributed by atoms with Gasteiger partial charge in [0.15, 0.2) is 0 Å². The fourth-order valence-corrected chi connectivity index (χ4v) is 2.80. The third kappa shape index (κ3) is 3.85. The summed E-state index contributed by atoms with van der Waals surface area (Å²) in [5.74, 6) is 0.521. The number of hydrogen-bond donors (Lipinski definition) is 1. The molecule has 0 saturated carbocycles. The molecule has 0 saturated heterocycles. The van der Waals surface area contributed by atoms with Crippen LogP contribution < -0.4 is 5.32 Å². The molecular formula is C12H23N3S. The predicted molar refractivity (Wildman–Crippen MR) is 71.2 cm³/mol. The Kier molecular flexibility index (Phi) is 5.38. The van der Waals surface area contributed by atoms with Gasteiger partial charge in [0.05, 0.1) is 10.7 Å². The number of nitrogens with zero attached hydrogens (tertiary/aromatic N) is 2. The zero-order valence-electron chi connectivity index (χ0n) is 11.0. The van der Waals surface area contributed by atoms with Gasteiger partial charge in [0.2, 0.25) is 0 Å². The summed E-state index contributed by atoms with van der Waals surface area (Å²) >= 11 is 1.85. The van der Waals surface area contributed by atoms with E-state index in [1.54, 1.807) is 0 Å². The van der Waals surface area contributed by atoms with Crippen molar-refractivity contribution in [3.63, 3.8) is 0 Å². The third-order valence-corrected chi connectivity index (χ3v) is 3.56. The molecule has 4 heteroatoms. The van der Waals surface area contributed by atoms with Gasteiger partial charge < -0.3 is 10.2 Å². The lowest BCUT2D eigenvalue weighted by molar-refractivity contribution is 0.413. The highest BCUT2D eigenvalue weighted by molar-refractivity contribution is 7.11. The molecule has 3 nitrogen and oxygen atoms in total. The van der Waals surface area contributed by atoms with Gasteiger partial charge in [-0.15, -0.1) is 11.3 Å². The highest BCUT2D eigenvalue weighted by Crippen LogP contribution is 2.25. The summed E-state index contributed by atoms with van der Waals surface area (Å²) < 4.78 is 0. The van der Waals surface area contributed by atoms with Crippen molar-refractivity contribution in [2.24, 2.45) is 0 Å². The molecule has 92 valence electrons. The standard InChI is InChI=1S/C12H23N3S/c1-9(2)12-10(8-13-3)16-11(14-12)6-7-15(4)5/h9,13H,6-8H2,1-5H3. The van der Waals surface area contributed by atoms with Crippen LogP contribution in [0.1, 0.15) is 35.3 Å². The number of likely N-dealkylation sites (N-methyl/N-ethyl adjacent to an activating group) is 1. The van der Waals surface area contributed by atoms with Crippen LogP contribution in [-0.4, -0.2) is 37.6 Å². The lowest BCUT2D eigenvalue weighted by Crippen LogP contribution is -2.14. The molecule has 0 aliphatic rings. The van der Waals surface area contributed by atoms with Crippen LogP contribution >= 0.6 is 11.3 Å². The van der Waals surface area contributed by atoms with Gasteiger partial charge in [-0.1, -0.05) is 13.8 Å². The van der Waals surface area contributed by atoms with Crippen LogP contribution in [0.25, 0.3) is 0 Å². The Morgan fingerprint density at radius 1 is 1.38 bits per heavy atom. The van der Waals surface area contributed by atoms with Crippen molar-refractivity contribution in [1.82, 2.24) is 15.2 Å². The summed E-state index contributed by atoms with van der Waals surface area (Å²) in [7, 11) is 6.19. The molecule has 0 fully saturated rings. The molecule has 1 aromatic heterocycles. The number of thiazole rings is 1. The largest absolute Gasteiger partial charge is 0.315 e. The number of nitrogens with one attached hydrogen (secondary N) is 1. The van der Waals surface area contributed by atoms with E-state index < -0.39 is 0 Å². The van der Waals surface area contributed by atoms with Gasteiger partial charge in [-0.2, -0.15) is 0 Å². The van der Waals surface area contributed by atoms with E-state index in [2.05, 4.69) is 38.2 Å². The third-order valence-electron chi connectivity index (χ3n) is 2.43. The zero-order chi connectivity index (χ0) is 12.1. The van der Waals surface area contributed by atoms with Gasteiger partial charge in [0.25, 0.3) is 0 Å². The molecule has 0 aliphatic carbocycles. The summed E-state index contributed by atoms with van der Waals surface area (Å²) in [6.45, 7) is 6.44. The highest BCUT2D eigenvalue weighted by Gasteiger charge is 2.13. The molecule has 0 amide bonds. The molecule has 0 spiro atoms. The Labute approximate surface area is 103 Å². The molecule has 0 bridgehead atoms. The van der Waals surface area contributed by atoms with E-state index in [0.29, 0.717) is 5.92 Å². The smallest absolute Gasteiger partial charge is 0.0944 e. The van der Waals surface area contributed by atoms with Crippen LogP contribution in [0.2, 0.25) is 0 Å². The van der Waals surface area contributed by atoms with Crippen molar-refractivity contribution < 1.29 is 0 Å². The van der Waals surface area contributed by atoms with E-state index in [4.69, 9.17) is 4.98 Å². The lowest BCUT2D eigenvalue weighted by atomic mass is 10.1. The molecule has 0 aromatic carbocycles. The van der Waals surface area contributed by atoms with Crippen molar-refractivity contribution in [2.75, 3.05) is 27.7 Å². The van der Waals surface area contributed by atoms with Gasteiger partial charge in [0.1, 0.15) is 0 Å². The number of hydrogen-bond acceptors (Lipinski definition) is 4. The van der Waals surface area contributed by atoms with Crippen LogP contribution in [0.4, 0.5) is 0 Å². The normalized spacial score (nSPS) is 11.7. The van der Waals surface area contributed by atoms with Crippen LogP contribution in [0.3, 0.4) is 0 Å². The van der Waals surface area contributed by atoms with Crippen LogP contribution in [0.15, 0.2) is 0 Å². The first-order valence-corrected chi connectivity index (χ1v) is 6.64. The molecule has 16 heavy (non-hydrogen) atoms. The second kappa shape index (κ2) is 6.33. The Morgan fingerprint density at radius 2 is 2.06 bits per heavy atom. The van der Waals surface area contributed by atoms with E-state index in [9.17, 15) is 0 Å². The van der Waals surface area contributed by atoms with Gasteiger partial charge in [-0.3, -0.25) is 0 Å². The predicted octanol–water partition coefficient (Wildman–Crippen LogP) is 2.09. The lowest BCUT2D eigenvalue weighted by Gasteiger charge is -2.06. The summed E-state index contributed by atoms with van der Waals surface area (Å²) in [6.07, 6.45) is 1.06. The van der Waals surface area contributed by atoms with Crippen molar-refractivity contribution in [3.8, 4) is 0 Å². The first kappa shape index (κ1) is 13.6. The van der Waals surface area contributed by atoms with Crippen molar-refractivity contribution in [1.29, 1.82) is 0 Å². The first-order valence-electron chi connectivity index (χ1n) is 5.82. The van der Waals surface area contributed by atoms with E-state index in [-0.39, 0.29) is 0 Å². The van der Waals surface area contributed by atoms with Gasteiger partial charge in [0, 0.05) is 24.4 Å². The molecular weight excluding hydrogens is 218 g/mol. The number of aromatic nitrogens is 1. The molecule has 1 heterocycles. The zero-order valence-corrected chi connectivity index (χ0v) is 11.8. The molecule has 0 unspecified atom stereocenters. The van der Waals surface area contributed by atoms with Crippen LogP contribution in [0.5, 0.6) is 0 Å². The maximum Gasteiger partial charge on any atom is 0.0944 e. The quantitative estimate of drug-likeness (QED) is 0.826.